The Balaban J connectivity index is 1.72. The number of rotatable bonds is 24. The number of Topliss-reactive ketones (excluding diaryl/α,β-unsaturated/α-hetero) is 2. The van der Waals surface area contributed by atoms with Crippen LogP contribution in [0.3, 0.4) is 0 Å². The lowest BCUT2D eigenvalue weighted by atomic mass is 10.1. The fourth-order valence-electron chi connectivity index (χ4n) is 4.96. The van der Waals surface area contributed by atoms with E-state index in [1.54, 1.807) is 23.5 Å². The number of hydrogen-bond acceptors (Lipinski definition) is 6. The molecule has 4 nitrogen and oxygen atoms in total. The SMILES string of the molecule is CCCCCCCCCCCCSC1=C(SCCCCCCCCCCCC)C(=O)C2=C(OCCO2)C1=O. The number of allylic oxidation sites excluding steroid dienone is 2. The van der Waals surface area contributed by atoms with Crippen molar-refractivity contribution in [2.75, 3.05) is 24.7 Å². The van der Waals surface area contributed by atoms with Gasteiger partial charge in [0.25, 0.3) is 0 Å². The summed E-state index contributed by atoms with van der Waals surface area (Å²) >= 11 is 3.10. The van der Waals surface area contributed by atoms with Crippen LogP contribution in [-0.4, -0.2) is 36.3 Å². The van der Waals surface area contributed by atoms with Gasteiger partial charge in [-0.25, -0.2) is 0 Å². The van der Waals surface area contributed by atoms with Crippen molar-refractivity contribution in [2.45, 2.75) is 142 Å². The lowest BCUT2D eigenvalue weighted by Gasteiger charge is -2.26. The standard InChI is InChI=1S/C32H54O4S2/c1-3-5-7-9-11-13-15-17-19-21-25-37-31-27(33)29-30(36-24-23-35-29)28(34)32(31)38-26-22-20-18-16-14-12-10-8-6-4-2/h3-26H2,1-2H3. The Bertz CT molecular complexity index is 684. The van der Waals surface area contributed by atoms with Gasteiger partial charge < -0.3 is 9.47 Å². The quantitative estimate of drug-likeness (QED) is 0.0856. The van der Waals surface area contributed by atoms with E-state index in [4.69, 9.17) is 9.47 Å². The number of unbranched alkanes of at least 4 members (excludes halogenated alkanes) is 18. The Morgan fingerprint density at radius 1 is 0.474 bits per heavy atom. The van der Waals surface area contributed by atoms with Crippen molar-refractivity contribution in [1.29, 1.82) is 0 Å². The summed E-state index contributed by atoms with van der Waals surface area (Å²) in [5, 5.41) is 0. The fourth-order valence-corrected chi connectivity index (χ4v) is 7.31. The first-order valence-corrected chi connectivity index (χ1v) is 17.8. The van der Waals surface area contributed by atoms with Crippen LogP contribution in [-0.2, 0) is 19.1 Å². The third kappa shape index (κ3) is 13.0. The molecule has 2 rings (SSSR count). The highest BCUT2D eigenvalue weighted by atomic mass is 32.2. The van der Waals surface area contributed by atoms with Crippen LogP contribution in [0.2, 0.25) is 0 Å². The lowest BCUT2D eigenvalue weighted by Crippen LogP contribution is -2.29. The summed E-state index contributed by atoms with van der Waals surface area (Å²) < 4.78 is 11.2. The Hall–Kier alpha value is -0.880. The van der Waals surface area contributed by atoms with Gasteiger partial charge in [-0.05, 0) is 24.3 Å². The van der Waals surface area contributed by atoms with Crippen LogP contribution in [0.5, 0.6) is 0 Å². The minimum absolute atomic E-state index is 0.134. The molecule has 1 aliphatic carbocycles. The zero-order valence-corrected chi connectivity index (χ0v) is 26.1. The molecular weight excluding hydrogens is 512 g/mol. The number of thioether (sulfide) groups is 2. The van der Waals surface area contributed by atoms with Gasteiger partial charge in [-0.3, -0.25) is 9.59 Å². The molecule has 0 aromatic rings. The van der Waals surface area contributed by atoms with Gasteiger partial charge in [-0.1, -0.05) is 129 Å². The topological polar surface area (TPSA) is 52.6 Å². The van der Waals surface area contributed by atoms with E-state index in [1.165, 1.54) is 116 Å². The highest BCUT2D eigenvalue weighted by molar-refractivity contribution is 8.08. The monoisotopic (exact) mass is 566 g/mol. The minimum Gasteiger partial charge on any atom is -0.483 e. The van der Waals surface area contributed by atoms with Gasteiger partial charge in [0.15, 0.2) is 0 Å². The molecule has 0 radical (unpaired) electrons. The normalized spacial score (nSPS) is 15.6. The molecule has 38 heavy (non-hydrogen) atoms. The van der Waals surface area contributed by atoms with Crippen molar-refractivity contribution in [2.24, 2.45) is 0 Å². The Morgan fingerprint density at radius 3 is 1.08 bits per heavy atom. The molecule has 0 unspecified atom stereocenters. The zero-order valence-electron chi connectivity index (χ0n) is 24.4. The molecule has 0 N–H and O–H groups in total. The Morgan fingerprint density at radius 2 is 0.763 bits per heavy atom. The Labute approximate surface area is 241 Å². The van der Waals surface area contributed by atoms with Crippen LogP contribution in [0.25, 0.3) is 0 Å². The molecule has 6 heteroatoms. The number of ketones is 2. The van der Waals surface area contributed by atoms with E-state index >= 15 is 0 Å². The van der Waals surface area contributed by atoms with Crippen molar-refractivity contribution < 1.29 is 19.1 Å². The summed E-state index contributed by atoms with van der Waals surface area (Å²) in [5.74, 6) is 1.71. The molecule has 0 aromatic carbocycles. The molecule has 0 saturated heterocycles. The predicted octanol–water partition coefficient (Wildman–Crippen LogP) is 9.92. The molecular formula is C32H54O4S2. The molecule has 0 amide bonds. The van der Waals surface area contributed by atoms with Gasteiger partial charge in [0, 0.05) is 0 Å². The molecule has 2 aliphatic rings. The minimum atomic E-state index is -0.151. The van der Waals surface area contributed by atoms with E-state index in [0.717, 1.165) is 24.3 Å². The van der Waals surface area contributed by atoms with Crippen molar-refractivity contribution in [3.05, 3.63) is 21.3 Å². The number of hydrogen-bond donors (Lipinski definition) is 0. The second kappa shape index (κ2) is 21.9. The summed E-state index contributed by atoms with van der Waals surface area (Å²) in [6.45, 7) is 5.18. The van der Waals surface area contributed by atoms with Gasteiger partial charge in [-0.15, -0.1) is 23.5 Å². The van der Waals surface area contributed by atoms with Gasteiger partial charge in [0.1, 0.15) is 13.2 Å². The van der Waals surface area contributed by atoms with E-state index in [2.05, 4.69) is 13.8 Å². The van der Waals surface area contributed by atoms with Crippen molar-refractivity contribution in [3.63, 3.8) is 0 Å². The lowest BCUT2D eigenvalue weighted by molar-refractivity contribution is -0.123. The molecule has 0 saturated carbocycles. The van der Waals surface area contributed by atoms with Crippen molar-refractivity contribution >= 4 is 35.1 Å². The number of ether oxygens (including phenoxy) is 2. The molecule has 218 valence electrons. The predicted molar refractivity (Wildman–Crippen MR) is 165 cm³/mol. The van der Waals surface area contributed by atoms with Crippen LogP contribution < -0.4 is 0 Å². The van der Waals surface area contributed by atoms with Crippen LogP contribution in [0.1, 0.15) is 142 Å². The van der Waals surface area contributed by atoms with Crippen molar-refractivity contribution in [1.82, 2.24) is 0 Å². The summed E-state index contributed by atoms with van der Waals surface area (Å²) in [6.07, 6.45) is 25.9. The first-order valence-electron chi connectivity index (χ1n) is 15.8. The van der Waals surface area contributed by atoms with Gasteiger partial charge in [0.05, 0.1) is 9.81 Å². The second-order valence-electron chi connectivity index (χ2n) is 10.7. The molecule has 1 aliphatic heterocycles. The maximum absolute atomic E-state index is 13.2. The maximum atomic E-state index is 13.2. The first-order chi connectivity index (χ1) is 18.7. The molecule has 0 atom stereocenters. The zero-order chi connectivity index (χ0) is 27.3. The van der Waals surface area contributed by atoms with Crippen LogP contribution in [0.15, 0.2) is 21.3 Å². The van der Waals surface area contributed by atoms with Crippen molar-refractivity contribution in [3.8, 4) is 0 Å². The van der Waals surface area contributed by atoms with Gasteiger partial charge >= 0.3 is 0 Å². The van der Waals surface area contributed by atoms with E-state index in [9.17, 15) is 9.59 Å². The highest BCUT2D eigenvalue weighted by Crippen LogP contribution is 2.39. The van der Waals surface area contributed by atoms with Crippen LogP contribution >= 0.6 is 23.5 Å². The fraction of sp³-hybridized carbons (Fsp3) is 0.812. The van der Waals surface area contributed by atoms with E-state index < -0.39 is 0 Å². The van der Waals surface area contributed by atoms with Gasteiger partial charge in [-0.2, -0.15) is 0 Å². The third-order valence-corrected chi connectivity index (χ3v) is 9.77. The highest BCUT2D eigenvalue weighted by Gasteiger charge is 2.39. The molecule has 0 aromatic heterocycles. The summed E-state index contributed by atoms with van der Waals surface area (Å²) in [4.78, 5) is 27.6. The summed E-state index contributed by atoms with van der Waals surface area (Å²) in [5.41, 5.74) is 0. The number of carbonyl (C=O) groups excluding carboxylic acids is 2. The van der Waals surface area contributed by atoms with E-state index in [0.29, 0.717) is 23.0 Å². The molecule has 0 bridgehead atoms. The molecule has 0 fully saturated rings. The molecule has 0 spiro atoms. The average Bonchev–Trinajstić information content (AvgIpc) is 2.94. The summed E-state index contributed by atoms with van der Waals surface area (Å²) in [7, 11) is 0. The third-order valence-electron chi connectivity index (χ3n) is 7.30. The number of carbonyl (C=O) groups is 2. The summed E-state index contributed by atoms with van der Waals surface area (Å²) in [6, 6.07) is 0. The maximum Gasteiger partial charge on any atom is 0.239 e. The van der Waals surface area contributed by atoms with E-state index in [-0.39, 0.29) is 23.1 Å². The largest absolute Gasteiger partial charge is 0.483 e. The smallest absolute Gasteiger partial charge is 0.239 e. The van der Waals surface area contributed by atoms with Gasteiger partial charge in [0.2, 0.25) is 23.1 Å². The van der Waals surface area contributed by atoms with E-state index in [1.807, 2.05) is 0 Å². The average molecular weight is 567 g/mol. The van der Waals surface area contributed by atoms with Crippen LogP contribution in [0.4, 0.5) is 0 Å². The molecule has 1 heterocycles. The first kappa shape index (κ1) is 33.3. The second-order valence-corrected chi connectivity index (χ2v) is 12.9. The van der Waals surface area contributed by atoms with Crippen LogP contribution in [0, 0.1) is 0 Å². The Kier molecular flexibility index (Phi) is 19.2.